The summed E-state index contributed by atoms with van der Waals surface area (Å²) in [7, 11) is 3.05. The van der Waals surface area contributed by atoms with E-state index in [1.54, 1.807) is 17.0 Å². The fourth-order valence-electron chi connectivity index (χ4n) is 3.18. The largest absolute Gasteiger partial charge is 0.495 e. The molecule has 0 bridgehead atoms. The highest BCUT2D eigenvalue weighted by Crippen LogP contribution is 2.38. The number of hydrogen-bond acceptors (Lipinski definition) is 5. The van der Waals surface area contributed by atoms with E-state index in [-0.39, 0.29) is 18.0 Å². The van der Waals surface area contributed by atoms with E-state index >= 15 is 0 Å². The maximum absolute atomic E-state index is 12.9. The number of methoxy groups -OCH3 is 2. The van der Waals surface area contributed by atoms with Crippen LogP contribution in [0.2, 0.25) is 5.02 Å². The molecular formula is C19H24ClN3O4. The van der Waals surface area contributed by atoms with Crippen LogP contribution in [-0.2, 0) is 0 Å². The Kier molecular flexibility index (Phi) is 5.79. The van der Waals surface area contributed by atoms with Gasteiger partial charge in [-0.05, 0) is 24.8 Å². The van der Waals surface area contributed by atoms with Crippen molar-refractivity contribution in [1.82, 2.24) is 10.1 Å². The summed E-state index contributed by atoms with van der Waals surface area (Å²) in [6.07, 6.45) is 1.73. The number of likely N-dealkylation sites (tertiary alicyclic amines) is 1. The number of nitrogens with one attached hydrogen (secondary N) is 1. The molecule has 146 valence electrons. The topological polar surface area (TPSA) is 76.8 Å². The quantitative estimate of drug-likeness (QED) is 0.786. The van der Waals surface area contributed by atoms with Gasteiger partial charge in [0.2, 0.25) is 0 Å². The molecule has 2 aromatic rings. The average molecular weight is 394 g/mol. The highest BCUT2D eigenvalue weighted by atomic mass is 35.5. The van der Waals surface area contributed by atoms with Crippen LogP contribution in [0, 0.1) is 0 Å². The fraction of sp³-hybridized carbons (Fsp3) is 0.474. The molecule has 0 unspecified atom stereocenters. The van der Waals surface area contributed by atoms with Crippen molar-refractivity contribution >= 4 is 23.3 Å². The minimum absolute atomic E-state index is 0.135. The number of hydrogen-bond donors (Lipinski definition) is 1. The van der Waals surface area contributed by atoms with Gasteiger partial charge < -0.3 is 24.2 Å². The molecule has 7 nitrogen and oxygen atoms in total. The zero-order chi connectivity index (χ0) is 19.6. The first-order valence-corrected chi connectivity index (χ1v) is 9.28. The highest BCUT2D eigenvalue weighted by Gasteiger charge is 2.33. The van der Waals surface area contributed by atoms with Gasteiger partial charge in [-0.1, -0.05) is 30.6 Å². The van der Waals surface area contributed by atoms with Crippen molar-refractivity contribution in [2.45, 2.75) is 38.6 Å². The normalized spacial score (nSPS) is 16.7. The van der Waals surface area contributed by atoms with E-state index in [0.717, 1.165) is 18.5 Å². The first-order chi connectivity index (χ1) is 12.9. The summed E-state index contributed by atoms with van der Waals surface area (Å²) in [5.74, 6) is 1.94. The number of urea groups is 1. The van der Waals surface area contributed by atoms with Crippen molar-refractivity contribution in [1.29, 1.82) is 0 Å². The van der Waals surface area contributed by atoms with Crippen LogP contribution in [0.1, 0.15) is 50.1 Å². The minimum atomic E-state index is -0.237. The fourth-order valence-corrected chi connectivity index (χ4v) is 3.42. The SMILES string of the molecule is COc1cc(OC)c(NC(=O)N2CCC[C@H]2c2cc(C(C)C)no2)cc1Cl. The number of aromatic nitrogens is 1. The van der Waals surface area contributed by atoms with Gasteiger partial charge in [-0.2, -0.15) is 0 Å². The number of anilines is 1. The third-order valence-electron chi connectivity index (χ3n) is 4.70. The van der Waals surface area contributed by atoms with Crippen molar-refractivity contribution < 1.29 is 18.8 Å². The molecule has 1 fully saturated rings. The number of carbonyl (C=O) groups is 1. The van der Waals surface area contributed by atoms with E-state index < -0.39 is 0 Å². The van der Waals surface area contributed by atoms with Gasteiger partial charge in [0.15, 0.2) is 5.76 Å². The van der Waals surface area contributed by atoms with Crippen molar-refractivity contribution in [3.05, 3.63) is 34.7 Å². The Morgan fingerprint density at radius 3 is 2.67 bits per heavy atom. The highest BCUT2D eigenvalue weighted by molar-refractivity contribution is 6.32. The van der Waals surface area contributed by atoms with Gasteiger partial charge in [0, 0.05) is 18.7 Å². The smallest absolute Gasteiger partial charge is 0.322 e. The van der Waals surface area contributed by atoms with Crippen LogP contribution in [-0.4, -0.2) is 36.9 Å². The van der Waals surface area contributed by atoms with Gasteiger partial charge in [0.05, 0.1) is 36.7 Å². The number of amides is 2. The maximum atomic E-state index is 12.9. The predicted molar refractivity (Wildman–Crippen MR) is 103 cm³/mol. The molecule has 0 aliphatic carbocycles. The molecule has 1 aliphatic heterocycles. The molecule has 1 atom stereocenters. The molecule has 1 aromatic heterocycles. The van der Waals surface area contributed by atoms with Gasteiger partial charge in [-0.15, -0.1) is 0 Å². The molecule has 1 aromatic carbocycles. The Hall–Kier alpha value is -2.41. The molecule has 1 saturated heterocycles. The van der Waals surface area contributed by atoms with Crippen LogP contribution < -0.4 is 14.8 Å². The molecule has 0 saturated carbocycles. The van der Waals surface area contributed by atoms with Crippen molar-refractivity contribution in [2.75, 3.05) is 26.1 Å². The van der Waals surface area contributed by atoms with Crippen LogP contribution >= 0.6 is 11.6 Å². The van der Waals surface area contributed by atoms with Crippen LogP contribution in [0.4, 0.5) is 10.5 Å². The molecule has 0 radical (unpaired) electrons. The standard InChI is InChI=1S/C19H24ClN3O4/c1-11(2)13-9-18(27-22-13)15-6-5-7-23(15)19(24)21-14-8-12(20)16(25-3)10-17(14)26-4/h8-11,15H,5-7H2,1-4H3,(H,21,24)/t15-/m0/s1. The van der Waals surface area contributed by atoms with Crippen LogP contribution in [0.25, 0.3) is 0 Å². The third-order valence-corrected chi connectivity index (χ3v) is 4.99. The number of halogens is 1. The lowest BCUT2D eigenvalue weighted by Gasteiger charge is -2.23. The lowest BCUT2D eigenvalue weighted by atomic mass is 10.1. The Labute approximate surface area is 163 Å². The summed E-state index contributed by atoms with van der Waals surface area (Å²) in [6.45, 7) is 4.75. The Morgan fingerprint density at radius 2 is 2.04 bits per heavy atom. The molecule has 2 heterocycles. The number of ether oxygens (including phenoxy) is 2. The van der Waals surface area contributed by atoms with Gasteiger partial charge in [-0.25, -0.2) is 4.79 Å². The van der Waals surface area contributed by atoms with Gasteiger partial charge in [0.25, 0.3) is 0 Å². The molecule has 1 N–H and O–H groups in total. The van der Waals surface area contributed by atoms with E-state index in [9.17, 15) is 4.79 Å². The van der Waals surface area contributed by atoms with Crippen molar-refractivity contribution in [2.24, 2.45) is 0 Å². The first kappa shape index (κ1) is 19.4. The second kappa shape index (κ2) is 8.08. The summed E-state index contributed by atoms with van der Waals surface area (Å²) in [4.78, 5) is 14.6. The van der Waals surface area contributed by atoms with Crippen LogP contribution in [0.15, 0.2) is 22.7 Å². The number of carbonyl (C=O) groups excluding carboxylic acids is 1. The summed E-state index contributed by atoms with van der Waals surface area (Å²) in [6, 6.07) is 4.83. The lowest BCUT2D eigenvalue weighted by molar-refractivity contribution is 0.195. The number of rotatable bonds is 5. The first-order valence-electron chi connectivity index (χ1n) is 8.90. The molecule has 8 heteroatoms. The second-order valence-electron chi connectivity index (χ2n) is 6.78. The van der Waals surface area contributed by atoms with Crippen LogP contribution in [0.5, 0.6) is 11.5 Å². The Morgan fingerprint density at radius 1 is 1.30 bits per heavy atom. The third kappa shape index (κ3) is 3.98. The zero-order valence-electron chi connectivity index (χ0n) is 15.9. The van der Waals surface area contributed by atoms with Gasteiger partial charge in [0.1, 0.15) is 11.5 Å². The molecular weight excluding hydrogens is 370 g/mol. The van der Waals surface area contributed by atoms with E-state index in [1.165, 1.54) is 14.2 Å². The number of nitrogens with zero attached hydrogens (tertiary/aromatic N) is 2. The molecule has 27 heavy (non-hydrogen) atoms. The molecule has 2 amide bonds. The zero-order valence-corrected chi connectivity index (χ0v) is 16.7. The summed E-state index contributed by atoms with van der Waals surface area (Å²) >= 11 is 6.19. The van der Waals surface area contributed by atoms with E-state index in [0.29, 0.717) is 34.5 Å². The van der Waals surface area contributed by atoms with Crippen LogP contribution in [0.3, 0.4) is 0 Å². The van der Waals surface area contributed by atoms with E-state index in [2.05, 4.69) is 24.3 Å². The summed E-state index contributed by atoms with van der Waals surface area (Å²) in [5, 5.41) is 7.39. The number of benzene rings is 1. The van der Waals surface area contributed by atoms with Crippen molar-refractivity contribution in [3.63, 3.8) is 0 Å². The van der Waals surface area contributed by atoms with Crippen molar-refractivity contribution in [3.8, 4) is 11.5 Å². The monoisotopic (exact) mass is 393 g/mol. The maximum Gasteiger partial charge on any atom is 0.322 e. The Bertz CT molecular complexity index is 821. The van der Waals surface area contributed by atoms with E-state index in [1.807, 2.05) is 6.07 Å². The molecule has 1 aliphatic rings. The summed E-state index contributed by atoms with van der Waals surface area (Å²) in [5.41, 5.74) is 1.38. The second-order valence-corrected chi connectivity index (χ2v) is 7.18. The predicted octanol–water partition coefficient (Wildman–Crippen LogP) is 4.84. The molecule has 0 spiro atoms. The van der Waals surface area contributed by atoms with E-state index in [4.69, 9.17) is 25.6 Å². The minimum Gasteiger partial charge on any atom is -0.495 e. The molecule has 3 rings (SSSR count). The van der Waals surface area contributed by atoms with Gasteiger partial charge >= 0.3 is 6.03 Å². The average Bonchev–Trinajstić information content (AvgIpc) is 3.31. The van der Waals surface area contributed by atoms with Gasteiger partial charge in [-0.3, -0.25) is 0 Å². The summed E-state index contributed by atoms with van der Waals surface area (Å²) < 4.78 is 16.0. The lowest BCUT2D eigenvalue weighted by Crippen LogP contribution is -2.34. The Balaban J connectivity index is 1.79.